The van der Waals surface area contributed by atoms with Crippen molar-refractivity contribution in [2.75, 3.05) is 5.32 Å². The van der Waals surface area contributed by atoms with Crippen molar-refractivity contribution in [3.8, 4) is 0 Å². The molecule has 0 saturated carbocycles. The van der Waals surface area contributed by atoms with E-state index in [0.29, 0.717) is 11.4 Å². The Morgan fingerprint density at radius 3 is 2.10 bits per heavy atom. The molecule has 104 valence electrons. The molecular formula is C13H10BrF2N3O. The Hall–Kier alpha value is -1.89. The molecule has 0 aliphatic heterocycles. The summed E-state index contributed by atoms with van der Waals surface area (Å²) >= 11 is 2.95. The number of hydrogen-bond donors (Lipinski definition) is 1. The number of carbonyl (C=O) groups excluding carboxylic acids is 1. The van der Waals surface area contributed by atoms with E-state index in [9.17, 15) is 13.6 Å². The molecule has 0 unspecified atom stereocenters. The molecule has 0 radical (unpaired) electrons. The van der Waals surface area contributed by atoms with Crippen LogP contribution in [0.5, 0.6) is 0 Å². The largest absolute Gasteiger partial charge is 0.290 e. The molecule has 0 bridgehead atoms. The number of nitrogens with zero attached hydrogens (tertiary/aromatic N) is 2. The molecule has 2 rings (SSSR count). The second kappa shape index (κ2) is 5.62. The third-order valence-corrected chi connectivity index (χ3v) is 2.90. The minimum atomic E-state index is -0.959. The fourth-order valence-corrected chi connectivity index (χ4v) is 2.11. The van der Waals surface area contributed by atoms with E-state index < -0.39 is 23.1 Å². The summed E-state index contributed by atoms with van der Waals surface area (Å²) in [6, 6.07) is 3.75. The second-order valence-corrected chi connectivity index (χ2v) is 5.09. The normalized spacial score (nSPS) is 10.4. The average molecular weight is 342 g/mol. The lowest BCUT2D eigenvalue weighted by molar-refractivity contribution is 0.101. The van der Waals surface area contributed by atoms with E-state index in [2.05, 4.69) is 31.2 Å². The maximum Gasteiger partial charge on any atom is 0.263 e. The second-order valence-electron chi connectivity index (χ2n) is 4.17. The first-order valence-electron chi connectivity index (χ1n) is 5.65. The quantitative estimate of drug-likeness (QED) is 0.910. The highest BCUT2D eigenvalue weighted by Crippen LogP contribution is 2.20. The Bertz CT molecular complexity index is 648. The number of nitrogens with one attached hydrogen (secondary N) is 1. The van der Waals surface area contributed by atoms with Gasteiger partial charge >= 0.3 is 0 Å². The molecule has 0 fully saturated rings. The monoisotopic (exact) mass is 341 g/mol. The van der Waals surface area contributed by atoms with Crippen molar-refractivity contribution in [2.45, 2.75) is 13.8 Å². The van der Waals surface area contributed by atoms with E-state index in [4.69, 9.17) is 0 Å². The number of carbonyl (C=O) groups is 1. The zero-order chi connectivity index (χ0) is 14.9. The SMILES string of the molecule is Cc1cc(C)nc(NC(=O)c2c(F)cc(Br)cc2F)n1. The molecule has 1 N–H and O–H groups in total. The number of halogens is 3. The Balaban J connectivity index is 2.33. The van der Waals surface area contributed by atoms with Crippen LogP contribution in [0.2, 0.25) is 0 Å². The number of rotatable bonds is 2. The number of anilines is 1. The van der Waals surface area contributed by atoms with Crippen molar-refractivity contribution in [1.29, 1.82) is 0 Å². The lowest BCUT2D eigenvalue weighted by atomic mass is 10.2. The first-order valence-corrected chi connectivity index (χ1v) is 6.44. The third-order valence-electron chi connectivity index (χ3n) is 2.44. The van der Waals surface area contributed by atoms with Crippen molar-refractivity contribution in [1.82, 2.24) is 9.97 Å². The predicted octanol–water partition coefficient (Wildman–Crippen LogP) is 3.39. The van der Waals surface area contributed by atoms with Gasteiger partial charge in [-0.3, -0.25) is 10.1 Å². The van der Waals surface area contributed by atoms with Gasteiger partial charge in [-0.2, -0.15) is 0 Å². The van der Waals surface area contributed by atoms with E-state index in [-0.39, 0.29) is 10.4 Å². The lowest BCUT2D eigenvalue weighted by Gasteiger charge is -2.07. The average Bonchev–Trinajstić information content (AvgIpc) is 2.25. The van der Waals surface area contributed by atoms with E-state index in [1.165, 1.54) is 0 Å². The van der Waals surface area contributed by atoms with Gasteiger partial charge in [0, 0.05) is 15.9 Å². The lowest BCUT2D eigenvalue weighted by Crippen LogP contribution is -2.18. The molecule has 7 heteroatoms. The molecule has 0 aliphatic rings. The minimum absolute atomic E-state index is 0.00854. The fourth-order valence-electron chi connectivity index (χ4n) is 1.71. The van der Waals surface area contributed by atoms with Gasteiger partial charge in [-0.05, 0) is 32.0 Å². The molecule has 1 amide bonds. The molecule has 4 nitrogen and oxygen atoms in total. The van der Waals surface area contributed by atoms with Gasteiger partial charge in [-0.25, -0.2) is 18.7 Å². The van der Waals surface area contributed by atoms with Gasteiger partial charge in [0.1, 0.15) is 17.2 Å². The van der Waals surface area contributed by atoms with E-state index in [1.807, 2.05) is 0 Å². The van der Waals surface area contributed by atoms with Crippen molar-refractivity contribution in [2.24, 2.45) is 0 Å². The number of aromatic nitrogens is 2. The van der Waals surface area contributed by atoms with Crippen LogP contribution in [0.25, 0.3) is 0 Å². The van der Waals surface area contributed by atoms with Crippen molar-refractivity contribution >= 4 is 27.8 Å². The summed E-state index contributed by atoms with van der Waals surface area (Å²) in [5, 5.41) is 2.28. The molecule has 0 saturated heterocycles. The van der Waals surface area contributed by atoms with Gasteiger partial charge in [0.2, 0.25) is 5.95 Å². The highest BCUT2D eigenvalue weighted by molar-refractivity contribution is 9.10. The van der Waals surface area contributed by atoms with Crippen molar-refractivity contribution in [3.63, 3.8) is 0 Å². The first kappa shape index (κ1) is 14.5. The third kappa shape index (κ3) is 3.16. The summed E-state index contributed by atoms with van der Waals surface area (Å²) in [6.07, 6.45) is 0. The smallest absolute Gasteiger partial charge is 0.263 e. The summed E-state index contributed by atoms with van der Waals surface area (Å²) in [7, 11) is 0. The van der Waals surface area contributed by atoms with Crippen molar-refractivity contribution < 1.29 is 13.6 Å². The Labute approximate surface area is 122 Å². The molecule has 1 aromatic heterocycles. The number of aryl methyl sites for hydroxylation is 2. The standard InChI is InChI=1S/C13H10BrF2N3O/c1-6-3-7(2)18-13(17-6)19-12(20)11-9(15)4-8(14)5-10(11)16/h3-5H,1-2H3,(H,17,18,19,20). The molecule has 0 spiro atoms. The Kier molecular flexibility index (Phi) is 4.08. The van der Waals surface area contributed by atoms with Crippen LogP contribution in [0.15, 0.2) is 22.7 Å². The van der Waals surface area contributed by atoms with Crippen LogP contribution in [0.4, 0.5) is 14.7 Å². The van der Waals surface area contributed by atoms with Crippen LogP contribution in [0.1, 0.15) is 21.7 Å². The van der Waals surface area contributed by atoms with Crippen LogP contribution in [-0.4, -0.2) is 15.9 Å². The van der Waals surface area contributed by atoms with Crippen LogP contribution < -0.4 is 5.32 Å². The van der Waals surface area contributed by atoms with E-state index in [1.54, 1.807) is 19.9 Å². The predicted molar refractivity (Wildman–Crippen MR) is 73.5 cm³/mol. The molecule has 0 aliphatic carbocycles. The zero-order valence-electron chi connectivity index (χ0n) is 10.7. The Morgan fingerprint density at radius 1 is 1.10 bits per heavy atom. The van der Waals surface area contributed by atoms with Crippen molar-refractivity contribution in [3.05, 3.63) is 51.3 Å². The van der Waals surface area contributed by atoms with Crippen LogP contribution >= 0.6 is 15.9 Å². The maximum atomic E-state index is 13.7. The topological polar surface area (TPSA) is 54.9 Å². The fraction of sp³-hybridized carbons (Fsp3) is 0.154. The van der Waals surface area contributed by atoms with Gasteiger partial charge in [-0.15, -0.1) is 0 Å². The minimum Gasteiger partial charge on any atom is -0.290 e. The molecule has 1 aromatic carbocycles. The maximum absolute atomic E-state index is 13.7. The van der Waals surface area contributed by atoms with Gasteiger partial charge in [0.15, 0.2) is 0 Å². The number of hydrogen-bond acceptors (Lipinski definition) is 3. The summed E-state index contributed by atoms with van der Waals surface area (Å²) in [4.78, 5) is 19.9. The summed E-state index contributed by atoms with van der Waals surface area (Å²) < 4.78 is 27.5. The van der Waals surface area contributed by atoms with E-state index in [0.717, 1.165) is 12.1 Å². The molecule has 1 heterocycles. The first-order chi connectivity index (χ1) is 9.36. The summed E-state index contributed by atoms with van der Waals surface area (Å²) in [6.45, 7) is 3.45. The number of amides is 1. The van der Waals surface area contributed by atoms with E-state index >= 15 is 0 Å². The highest BCUT2D eigenvalue weighted by Gasteiger charge is 2.19. The van der Waals surface area contributed by atoms with Crippen LogP contribution in [-0.2, 0) is 0 Å². The van der Waals surface area contributed by atoms with Gasteiger partial charge in [0.25, 0.3) is 5.91 Å². The molecule has 0 atom stereocenters. The summed E-state index contributed by atoms with van der Waals surface area (Å²) in [5.41, 5.74) is 0.616. The molecule has 2 aromatic rings. The van der Waals surface area contributed by atoms with Gasteiger partial charge < -0.3 is 0 Å². The molecule has 20 heavy (non-hydrogen) atoms. The van der Waals surface area contributed by atoms with Crippen LogP contribution in [0.3, 0.4) is 0 Å². The Morgan fingerprint density at radius 2 is 1.60 bits per heavy atom. The highest BCUT2D eigenvalue weighted by atomic mass is 79.9. The van der Waals surface area contributed by atoms with Gasteiger partial charge in [-0.1, -0.05) is 15.9 Å². The molecular weight excluding hydrogens is 332 g/mol. The zero-order valence-corrected chi connectivity index (χ0v) is 12.3. The number of benzene rings is 1. The summed E-state index contributed by atoms with van der Waals surface area (Å²) in [5.74, 6) is -2.84. The van der Waals surface area contributed by atoms with Gasteiger partial charge in [0.05, 0.1) is 0 Å². The van der Waals surface area contributed by atoms with Crippen LogP contribution in [0, 0.1) is 25.5 Å².